The van der Waals surface area contributed by atoms with Crippen molar-refractivity contribution in [2.75, 3.05) is 24.3 Å². The first kappa shape index (κ1) is 15.0. The molecule has 0 saturated carbocycles. The van der Waals surface area contributed by atoms with Crippen molar-refractivity contribution in [1.29, 1.82) is 0 Å². The molecule has 3 rings (SSSR count). The molecule has 1 aromatic carbocycles. The highest BCUT2D eigenvalue weighted by molar-refractivity contribution is 5.64. The third kappa shape index (κ3) is 3.63. The summed E-state index contributed by atoms with van der Waals surface area (Å²) in [5.41, 5.74) is 3.78. The second-order valence-electron chi connectivity index (χ2n) is 5.50. The Morgan fingerprint density at radius 3 is 2.57 bits per heavy atom. The van der Waals surface area contributed by atoms with Crippen molar-refractivity contribution in [3.63, 3.8) is 0 Å². The molecule has 0 atom stereocenters. The van der Waals surface area contributed by atoms with Crippen LogP contribution in [0.25, 0.3) is 11.5 Å². The Morgan fingerprint density at radius 1 is 0.957 bits per heavy atom. The SMILES string of the molecule is Cc1cc(Nc2cccc(N(C)C)c2)nc(-c2ccccn2)n1. The summed E-state index contributed by atoms with van der Waals surface area (Å²) in [4.78, 5) is 15.4. The van der Waals surface area contributed by atoms with Crippen LogP contribution < -0.4 is 10.2 Å². The quantitative estimate of drug-likeness (QED) is 0.797. The average molecular weight is 305 g/mol. The molecule has 5 heteroatoms. The highest BCUT2D eigenvalue weighted by Gasteiger charge is 2.06. The van der Waals surface area contributed by atoms with E-state index in [4.69, 9.17) is 0 Å². The fraction of sp³-hybridized carbons (Fsp3) is 0.167. The molecule has 0 amide bonds. The molecule has 0 bridgehead atoms. The largest absolute Gasteiger partial charge is 0.378 e. The van der Waals surface area contributed by atoms with Gasteiger partial charge >= 0.3 is 0 Å². The zero-order valence-electron chi connectivity index (χ0n) is 13.5. The third-order valence-corrected chi connectivity index (χ3v) is 3.38. The van der Waals surface area contributed by atoms with E-state index in [1.165, 1.54) is 0 Å². The maximum atomic E-state index is 4.58. The highest BCUT2D eigenvalue weighted by atomic mass is 15.1. The Balaban J connectivity index is 1.92. The number of anilines is 3. The number of hydrogen-bond acceptors (Lipinski definition) is 5. The van der Waals surface area contributed by atoms with E-state index in [-0.39, 0.29) is 0 Å². The van der Waals surface area contributed by atoms with Crippen LogP contribution in [0.1, 0.15) is 5.69 Å². The lowest BCUT2D eigenvalue weighted by Gasteiger charge is -2.14. The smallest absolute Gasteiger partial charge is 0.180 e. The molecule has 0 aliphatic heterocycles. The zero-order valence-corrected chi connectivity index (χ0v) is 13.5. The summed E-state index contributed by atoms with van der Waals surface area (Å²) in [7, 11) is 4.04. The van der Waals surface area contributed by atoms with Gasteiger partial charge < -0.3 is 10.2 Å². The van der Waals surface area contributed by atoms with E-state index in [2.05, 4.69) is 37.3 Å². The van der Waals surface area contributed by atoms with Gasteiger partial charge in [0.15, 0.2) is 5.82 Å². The number of benzene rings is 1. The molecular formula is C18H19N5. The molecule has 0 radical (unpaired) electrons. The van der Waals surface area contributed by atoms with Gasteiger partial charge in [-0.3, -0.25) is 4.98 Å². The van der Waals surface area contributed by atoms with Gasteiger partial charge in [-0.05, 0) is 37.3 Å². The van der Waals surface area contributed by atoms with Gasteiger partial charge in [0.05, 0.1) is 0 Å². The summed E-state index contributed by atoms with van der Waals surface area (Å²) in [6.45, 7) is 1.95. The van der Waals surface area contributed by atoms with Gasteiger partial charge in [-0.2, -0.15) is 0 Å². The molecule has 23 heavy (non-hydrogen) atoms. The lowest BCUT2D eigenvalue weighted by molar-refractivity contribution is 1.09. The number of aryl methyl sites for hydroxylation is 1. The lowest BCUT2D eigenvalue weighted by atomic mass is 10.2. The van der Waals surface area contributed by atoms with Gasteiger partial charge in [0, 0.05) is 43.4 Å². The minimum Gasteiger partial charge on any atom is -0.378 e. The molecule has 1 N–H and O–H groups in total. The maximum Gasteiger partial charge on any atom is 0.180 e. The summed E-state index contributed by atoms with van der Waals surface area (Å²) in [6.07, 6.45) is 1.74. The molecule has 116 valence electrons. The summed E-state index contributed by atoms with van der Waals surface area (Å²) < 4.78 is 0. The number of nitrogens with zero attached hydrogens (tertiary/aromatic N) is 4. The second kappa shape index (κ2) is 6.44. The van der Waals surface area contributed by atoms with Gasteiger partial charge in [0.25, 0.3) is 0 Å². The molecule has 0 aliphatic carbocycles. The molecule has 2 heterocycles. The van der Waals surface area contributed by atoms with Crippen molar-refractivity contribution in [1.82, 2.24) is 15.0 Å². The Kier molecular flexibility index (Phi) is 4.19. The van der Waals surface area contributed by atoms with Crippen LogP contribution in [-0.2, 0) is 0 Å². The molecular weight excluding hydrogens is 286 g/mol. The minimum atomic E-state index is 0.622. The molecule has 3 aromatic rings. The average Bonchev–Trinajstić information content (AvgIpc) is 2.55. The van der Waals surface area contributed by atoms with Crippen LogP contribution in [0.3, 0.4) is 0 Å². The Labute approximate surface area is 136 Å². The van der Waals surface area contributed by atoms with Crippen molar-refractivity contribution < 1.29 is 0 Å². The van der Waals surface area contributed by atoms with Crippen LogP contribution >= 0.6 is 0 Å². The molecule has 0 unspecified atom stereocenters. The lowest BCUT2D eigenvalue weighted by Crippen LogP contribution is -2.08. The van der Waals surface area contributed by atoms with Crippen molar-refractivity contribution in [3.8, 4) is 11.5 Å². The Morgan fingerprint density at radius 2 is 1.83 bits per heavy atom. The predicted octanol–water partition coefficient (Wildman–Crippen LogP) is 3.66. The standard InChI is InChI=1S/C18H19N5/c1-13-11-17(21-14-7-6-8-15(12-14)23(2)3)22-18(20-13)16-9-4-5-10-19-16/h4-12H,1-3H3,(H,20,21,22). The summed E-state index contributed by atoms with van der Waals surface area (Å²) in [5.74, 6) is 1.38. The fourth-order valence-corrected chi connectivity index (χ4v) is 2.25. The van der Waals surface area contributed by atoms with E-state index < -0.39 is 0 Å². The van der Waals surface area contributed by atoms with E-state index in [1.807, 2.05) is 57.4 Å². The van der Waals surface area contributed by atoms with Crippen LogP contribution in [0, 0.1) is 6.92 Å². The monoisotopic (exact) mass is 305 g/mol. The van der Waals surface area contributed by atoms with E-state index in [0.717, 1.165) is 28.6 Å². The van der Waals surface area contributed by atoms with Crippen molar-refractivity contribution in [2.45, 2.75) is 6.92 Å². The van der Waals surface area contributed by atoms with Gasteiger partial charge in [0.1, 0.15) is 11.5 Å². The maximum absolute atomic E-state index is 4.58. The number of pyridine rings is 1. The Bertz CT molecular complexity index is 800. The highest BCUT2D eigenvalue weighted by Crippen LogP contribution is 2.22. The molecule has 2 aromatic heterocycles. The van der Waals surface area contributed by atoms with Crippen molar-refractivity contribution in [2.24, 2.45) is 0 Å². The van der Waals surface area contributed by atoms with Gasteiger partial charge in [0.2, 0.25) is 0 Å². The summed E-state index contributed by atoms with van der Waals surface area (Å²) in [5, 5.41) is 3.34. The zero-order chi connectivity index (χ0) is 16.2. The van der Waals surface area contributed by atoms with Crippen LogP contribution in [0.2, 0.25) is 0 Å². The molecule has 0 spiro atoms. The first-order valence-corrected chi connectivity index (χ1v) is 7.43. The van der Waals surface area contributed by atoms with E-state index in [1.54, 1.807) is 6.20 Å². The van der Waals surface area contributed by atoms with E-state index >= 15 is 0 Å². The van der Waals surface area contributed by atoms with Crippen molar-refractivity contribution >= 4 is 17.2 Å². The second-order valence-corrected chi connectivity index (χ2v) is 5.50. The number of hydrogen-bond donors (Lipinski definition) is 1. The Hall–Kier alpha value is -2.95. The van der Waals surface area contributed by atoms with Crippen LogP contribution in [0.15, 0.2) is 54.7 Å². The van der Waals surface area contributed by atoms with E-state index in [0.29, 0.717) is 5.82 Å². The molecule has 0 fully saturated rings. The topological polar surface area (TPSA) is 53.9 Å². The molecule has 0 aliphatic rings. The van der Waals surface area contributed by atoms with Crippen LogP contribution in [0.5, 0.6) is 0 Å². The van der Waals surface area contributed by atoms with Crippen molar-refractivity contribution in [3.05, 3.63) is 60.4 Å². The number of nitrogens with one attached hydrogen (secondary N) is 1. The third-order valence-electron chi connectivity index (χ3n) is 3.38. The van der Waals surface area contributed by atoms with Gasteiger partial charge in [-0.1, -0.05) is 12.1 Å². The normalized spacial score (nSPS) is 10.4. The number of rotatable bonds is 4. The number of aromatic nitrogens is 3. The molecule has 5 nitrogen and oxygen atoms in total. The first-order valence-electron chi connectivity index (χ1n) is 7.43. The minimum absolute atomic E-state index is 0.622. The summed E-state index contributed by atoms with van der Waals surface area (Å²) in [6, 6.07) is 15.8. The van der Waals surface area contributed by atoms with Gasteiger partial charge in [-0.25, -0.2) is 9.97 Å². The van der Waals surface area contributed by atoms with Gasteiger partial charge in [-0.15, -0.1) is 0 Å². The summed E-state index contributed by atoms with van der Waals surface area (Å²) >= 11 is 0. The fourth-order valence-electron chi connectivity index (χ4n) is 2.25. The van der Waals surface area contributed by atoms with E-state index in [9.17, 15) is 0 Å². The van der Waals surface area contributed by atoms with Crippen LogP contribution in [-0.4, -0.2) is 29.0 Å². The molecule has 0 saturated heterocycles. The first-order chi connectivity index (χ1) is 11.1. The predicted molar refractivity (Wildman–Crippen MR) is 94.1 cm³/mol. The van der Waals surface area contributed by atoms with Crippen LogP contribution in [0.4, 0.5) is 17.2 Å².